The van der Waals surface area contributed by atoms with Gasteiger partial charge in [0.2, 0.25) is 0 Å². The van der Waals surface area contributed by atoms with E-state index in [0.29, 0.717) is 17.6 Å². The van der Waals surface area contributed by atoms with Crippen LogP contribution in [0.5, 0.6) is 0 Å². The Bertz CT molecular complexity index is 544. The van der Waals surface area contributed by atoms with Gasteiger partial charge in [-0.2, -0.15) is 0 Å². The Kier molecular flexibility index (Phi) is 9.26. The molecule has 1 aliphatic rings. The Morgan fingerprint density at radius 2 is 1.92 bits per heavy atom. The summed E-state index contributed by atoms with van der Waals surface area (Å²) < 4.78 is 4.89. The van der Waals surface area contributed by atoms with Crippen LogP contribution in [0.4, 0.5) is 4.79 Å². The molecule has 0 aromatic heterocycles. The number of carboxylic acids is 1. The fourth-order valence-corrected chi connectivity index (χ4v) is 2.28. The van der Waals surface area contributed by atoms with Crippen molar-refractivity contribution in [2.75, 3.05) is 13.2 Å². The Morgan fingerprint density at radius 3 is 2.56 bits per heavy atom. The Morgan fingerprint density at radius 1 is 1.20 bits per heavy atom. The molecule has 0 aromatic rings. The third-order valence-corrected chi connectivity index (χ3v) is 3.64. The summed E-state index contributed by atoms with van der Waals surface area (Å²) in [5.41, 5.74) is 7.63. The maximum Gasteiger partial charge on any atom is 0.423 e. The lowest BCUT2D eigenvalue weighted by Gasteiger charge is -2.17. The number of hydrazine groups is 2. The topological polar surface area (TPSA) is 137 Å². The van der Waals surface area contributed by atoms with Crippen molar-refractivity contribution in [2.45, 2.75) is 39.0 Å². The van der Waals surface area contributed by atoms with Gasteiger partial charge in [0.25, 0.3) is 5.91 Å². The fraction of sp³-hybridized carbons (Fsp3) is 0.562. The van der Waals surface area contributed by atoms with E-state index in [9.17, 15) is 14.4 Å². The smallest absolute Gasteiger partial charge is 0.423 e. The van der Waals surface area contributed by atoms with Gasteiger partial charge in [0, 0.05) is 12.2 Å². The largest absolute Gasteiger partial charge is 0.481 e. The monoisotopic (exact) mass is 355 g/mol. The number of allylic oxidation sites excluding steroid dienone is 1. The van der Waals surface area contributed by atoms with Gasteiger partial charge in [0.15, 0.2) is 0 Å². The first-order valence-corrected chi connectivity index (χ1v) is 8.16. The number of carbonyl (C=O) groups excluding carboxylic acids is 2. The Labute approximate surface area is 146 Å². The summed E-state index contributed by atoms with van der Waals surface area (Å²) in [6, 6.07) is 0. The molecular formula is C16H25N3O6. The molecule has 0 spiro atoms. The molecule has 0 aromatic carbocycles. The molecule has 5 N–H and O–H groups in total. The maximum atomic E-state index is 12.0. The standard InChI is InChI=1S/C16H25N3O6/c1-11-10-12(15(22)23)6-7-13(11)14(21)17-19-18-16(24)25-9-5-3-2-4-8-20/h7,10,12,19-20H,2-6,8-9H2,1H3,(H,17,21)(H,18,24)(H,22,23). The molecule has 0 aliphatic heterocycles. The van der Waals surface area contributed by atoms with Gasteiger partial charge < -0.3 is 14.9 Å². The first-order chi connectivity index (χ1) is 12.0. The number of nitrogens with one attached hydrogen (secondary N) is 3. The van der Waals surface area contributed by atoms with Gasteiger partial charge in [-0.1, -0.05) is 18.6 Å². The van der Waals surface area contributed by atoms with Crippen molar-refractivity contribution in [2.24, 2.45) is 5.92 Å². The molecule has 1 atom stereocenters. The third kappa shape index (κ3) is 7.81. The van der Waals surface area contributed by atoms with Gasteiger partial charge in [-0.15, -0.1) is 5.53 Å². The molecule has 1 rings (SSSR count). The summed E-state index contributed by atoms with van der Waals surface area (Å²) in [5.74, 6) is -2.05. The van der Waals surface area contributed by atoms with Crippen LogP contribution in [0.3, 0.4) is 0 Å². The number of unbranched alkanes of at least 4 members (excludes halogenated alkanes) is 3. The zero-order valence-corrected chi connectivity index (χ0v) is 14.2. The van der Waals surface area contributed by atoms with E-state index < -0.39 is 23.9 Å². The molecule has 0 radical (unpaired) electrons. The quantitative estimate of drug-likeness (QED) is 0.288. The molecule has 25 heavy (non-hydrogen) atoms. The van der Waals surface area contributed by atoms with E-state index in [0.717, 1.165) is 19.3 Å². The van der Waals surface area contributed by atoms with E-state index >= 15 is 0 Å². The van der Waals surface area contributed by atoms with E-state index in [-0.39, 0.29) is 19.6 Å². The summed E-state index contributed by atoms with van der Waals surface area (Å²) in [6.45, 7) is 2.06. The third-order valence-electron chi connectivity index (χ3n) is 3.64. The van der Waals surface area contributed by atoms with Crippen molar-refractivity contribution >= 4 is 18.0 Å². The van der Waals surface area contributed by atoms with Gasteiger partial charge in [-0.05, 0) is 38.2 Å². The van der Waals surface area contributed by atoms with Crippen molar-refractivity contribution in [3.63, 3.8) is 0 Å². The maximum absolute atomic E-state index is 12.0. The fourth-order valence-electron chi connectivity index (χ4n) is 2.28. The molecule has 9 heteroatoms. The van der Waals surface area contributed by atoms with Crippen LogP contribution in [-0.4, -0.2) is 41.4 Å². The molecule has 140 valence electrons. The van der Waals surface area contributed by atoms with Gasteiger partial charge in [-0.3, -0.25) is 15.0 Å². The van der Waals surface area contributed by atoms with Gasteiger partial charge in [0.05, 0.1) is 12.5 Å². The number of rotatable bonds is 10. The predicted molar refractivity (Wildman–Crippen MR) is 88.9 cm³/mol. The minimum atomic E-state index is -0.936. The molecule has 0 bridgehead atoms. The number of aliphatic hydroxyl groups is 1. The number of hydrogen-bond donors (Lipinski definition) is 5. The highest BCUT2D eigenvalue weighted by atomic mass is 16.6. The average molecular weight is 355 g/mol. The molecule has 0 fully saturated rings. The van der Waals surface area contributed by atoms with Gasteiger partial charge >= 0.3 is 12.1 Å². The van der Waals surface area contributed by atoms with E-state index in [1.807, 2.05) is 0 Å². The lowest BCUT2D eigenvalue weighted by molar-refractivity contribution is -0.140. The minimum absolute atomic E-state index is 0.160. The lowest BCUT2D eigenvalue weighted by Crippen LogP contribution is -2.50. The van der Waals surface area contributed by atoms with Crippen LogP contribution in [-0.2, 0) is 14.3 Å². The van der Waals surface area contributed by atoms with Gasteiger partial charge in [0.1, 0.15) is 0 Å². The van der Waals surface area contributed by atoms with E-state index in [1.165, 1.54) is 6.08 Å². The van der Waals surface area contributed by atoms with Crippen LogP contribution < -0.4 is 16.4 Å². The van der Waals surface area contributed by atoms with E-state index in [2.05, 4.69) is 16.4 Å². The van der Waals surface area contributed by atoms with Crippen LogP contribution in [0.1, 0.15) is 39.0 Å². The minimum Gasteiger partial charge on any atom is -0.481 e. The number of aliphatic hydroxyl groups excluding tert-OH is 1. The predicted octanol–water partition coefficient (Wildman–Crippen LogP) is 0.778. The highest BCUT2D eigenvalue weighted by Gasteiger charge is 2.22. The van der Waals surface area contributed by atoms with E-state index in [1.54, 1.807) is 13.0 Å². The van der Waals surface area contributed by atoms with Gasteiger partial charge in [-0.25, -0.2) is 10.2 Å². The van der Waals surface area contributed by atoms with Crippen molar-refractivity contribution in [3.8, 4) is 0 Å². The first kappa shape index (κ1) is 20.7. The summed E-state index contributed by atoms with van der Waals surface area (Å²) in [7, 11) is 0. The molecule has 0 saturated heterocycles. The van der Waals surface area contributed by atoms with Crippen LogP contribution >= 0.6 is 0 Å². The molecule has 0 saturated carbocycles. The number of hydrogen-bond acceptors (Lipinski definition) is 6. The summed E-state index contributed by atoms with van der Waals surface area (Å²) in [6.07, 6.45) is 5.75. The number of ether oxygens (including phenoxy) is 1. The van der Waals surface area contributed by atoms with Crippen molar-refractivity contribution in [1.82, 2.24) is 16.4 Å². The molecule has 2 amide bonds. The number of carboxylic acid groups (broad SMARTS) is 1. The Balaban J connectivity index is 2.21. The second-order valence-electron chi connectivity index (χ2n) is 5.63. The Hall–Kier alpha value is -2.39. The highest BCUT2D eigenvalue weighted by Crippen LogP contribution is 2.22. The number of aliphatic carboxylic acids is 1. The average Bonchev–Trinajstić information content (AvgIpc) is 2.57. The van der Waals surface area contributed by atoms with E-state index in [4.69, 9.17) is 14.9 Å². The zero-order chi connectivity index (χ0) is 18.7. The van der Waals surface area contributed by atoms with Crippen LogP contribution in [0.2, 0.25) is 0 Å². The summed E-state index contributed by atoms with van der Waals surface area (Å²) in [4.78, 5) is 34.3. The summed E-state index contributed by atoms with van der Waals surface area (Å²) >= 11 is 0. The van der Waals surface area contributed by atoms with Crippen molar-refractivity contribution < 1.29 is 29.3 Å². The normalized spacial score (nSPS) is 16.5. The SMILES string of the molecule is CC1=CC(C(=O)O)CC=C1C(=O)NNNC(=O)OCCCCCCO. The zero-order valence-electron chi connectivity index (χ0n) is 14.2. The van der Waals surface area contributed by atoms with Crippen molar-refractivity contribution in [3.05, 3.63) is 23.3 Å². The number of amides is 2. The van der Waals surface area contributed by atoms with Crippen LogP contribution in [0.15, 0.2) is 23.3 Å². The second-order valence-corrected chi connectivity index (χ2v) is 5.63. The lowest BCUT2D eigenvalue weighted by atomic mass is 9.91. The molecule has 1 unspecified atom stereocenters. The highest BCUT2D eigenvalue weighted by molar-refractivity contribution is 5.98. The molecule has 1 aliphatic carbocycles. The second kappa shape index (κ2) is 11.2. The molecular weight excluding hydrogens is 330 g/mol. The molecule has 0 heterocycles. The molecule has 9 nitrogen and oxygen atoms in total. The van der Waals surface area contributed by atoms with Crippen LogP contribution in [0, 0.1) is 5.92 Å². The summed E-state index contributed by atoms with van der Waals surface area (Å²) in [5, 5.41) is 17.6. The van der Waals surface area contributed by atoms with Crippen molar-refractivity contribution in [1.29, 1.82) is 0 Å². The first-order valence-electron chi connectivity index (χ1n) is 8.16. The van der Waals surface area contributed by atoms with Crippen LogP contribution in [0.25, 0.3) is 0 Å². The number of carbonyl (C=O) groups is 3.